The smallest absolute Gasteiger partial charge is 0.253 e. The molecule has 2 nitrogen and oxygen atoms in total. The van der Waals surface area contributed by atoms with Crippen LogP contribution in [0.5, 0.6) is 0 Å². The molecule has 0 bridgehead atoms. The van der Waals surface area contributed by atoms with Gasteiger partial charge in [0.2, 0.25) is 0 Å². The van der Waals surface area contributed by atoms with Crippen LogP contribution in [-0.2, 0) is 13.0 Å². The normalized spacial score (nSPS) is 10.5. The first-order chi connectivity index (χ1) is 10.0. The minimum absolute atomic E-state index is 0.194. The summed E-state index contributed by atoms with van der Waals surface area (Å²) < 4.78 is 13.9. The van der Waals surface area contributed by atoms with E-state index >= 15 is 0 Å². The van der Waals surface area contributed by atoms with Gasteiger partial charge in [-0.2, -0.15) is 0 Å². The average Bonchev–Trinajstić information content (AvgIpc) is 2.50. The molecule has 110 valence electrons. The molecule has 0 saturated heterocycles. The van der Waals surface area contributed by atoms with Crippen molar-refractivity contribution in [2.45, 2.75) is 19.9 Å². The number of aryl methyl sites for hydroxylation is 1. The van der Waals surface area contributed by atoms with E-state index in [1.807, 2.05) is 12.1 Å². The Hall–Kier alpha value is -1.68. The third-order valence-corrected chi connectivity index (χ3v) is 4.01. The van der Waals surface area contributed by atoms with Crippen molar-refractivity contribution in [3.05, 3.63) is 69.4 Å². The highest BCUT2D eigenvalue weighted by molar-refractivity contribution is 9.10. The van der Waals surface area contributed by atoms with E-state index in [-0.39, 0.29) is 5.91 Å². The fraction of sp³-hybridized carbons (Fsp3) is 0.235. The number of amides is 1. The third-order valence-electron chi connectivity index (χ3n) is 3.36. The van der Waals surface area contributed by atoms with Crippen molar-refractivity contribution in [1.82, 2.24) is 4.90 Å². The van der Waals surface area contributed by atoms with Crippen LogP contribution in [0.2, 0.25) is 0 Å². The predicted octanol–water partition coefficient (Wildman–Crippen LogP) is 4.42. The first kappa shape index (κ1) is 15.7. The number of rotatable bonds is 4. The van der Waals surface area contributed by atoms with Gasteiger partial charge >= 0.3 is 0 Å². The standard InChI is InChI=1S/C17H17BrFNO/c1-3-12-4-6-13(7-5-12)11-20(2)17(21)14-8-9-15(18)16(19)10-14/h4-10H,3,11H2,1-2H3. The molecule has 0 aliphatic carbocycles. The lowest BCUT2D eigenvalue weighted by Gasteiger charge is -2.17. The Balaban J connectivity index is 2.09. The van der Waals surface area contributed by atoms with Crippen LogP contribution >= 0.6 is 15.9 Å². The van der Waals surface area contributed by atoms with Gasteiger partial charge in [0.15, 0.2) is 0 Å². The highest BCUT2D eigenvalue weighted by Crippen LogP contribution is 2.18. The number of benzene rings is 2. The van der Waals surface area contributed by atoms with Gasteiger partial charge in [0.25, 0.3) is 5.91 Å². The molecule has 1 amide bonds. The van der Waals surface area contributed by atoms with Crippen molar-refractivity contribution in [3.63, 3.8) is 0 Å². The zero-order valence-corrected chi connectivity index (χ0v) is 13.7. The van der Waals surface area contributed by atoms with Crippen LogP contribution in [0.3, 0.4) is 0 Å². The number of hydrogen-bond acceptors (Lipinski definition) is 1. The largest absolute Gasteiger partial charge is 0.337 e. The Labute approximate surface area is 132 Å². The summed E-state index contributed by atoms with van der Waals surface area (Å²) in [4.78, 5) is 13.9. The third kappa shape index (κ3) is 3.91. The molecule has 2 rings (SSSR count). The second-order valence-electron chi connectivity index (χ2n) is 4.96. The summed E-state index contributed by atoms with van der Waals surface area (Å²) in [7, 11) is 1.72. The first-order valence-corrected chi connectivity index (χ1v) is 7.59. The average molecular weight is 350 g/mol. The van der Waals surface area contributed by atoms with Gasteiger partial charge in [0.05, 0.1) is 4.47 Å². The van der Waals surface area contributed by atoms with Crippen LogP contribution in [0.4, 0.5) is 4.39 Å². The summed E-state index contributed by atoms with van der Waals surface area (Å²) in [5.74, 6) is -0.623. The second-order valence-corrected chi connectivity index (χ2v) is 5.81. The zero-order chi connectivity index (χ0) is 15.4. The van der Waals surface area contributed by atoms with Crippen LogP contribution < -0.4 is 0 Å². The molecule has 0 N–H and O–H groups in total. The maximum atomic E-state index is 13.5. The Morgan fingerprint density at radius 3 is 2.33 bits per heavy atom. The number of halogens is 2. The summed E-state index contributed by atoms with van der Waals surface area (Å²) in [6, 6.07) is 12.6. The van der Waals surface area contributed by atoms with Gasteiger partial charge in [-0.05, 0) is 51.7 Å². The molecule has 0 fully saturated rings. The molecule has 0 radical (unpaired) electrons. The minimum Gasteiger partial charge on any atom is -0.337 e. The molecule has 0 aromatic heterocycles. The molecule has 0 atom stereocenters. The summed E-state index contributed by atoms with van der Waals surface area (Å²) in [5.41, 5.74) is 2.67. The topological polar surface area (TPSA) is 20.3 Å². The van der Waals surface area contributed by atoms with E-state index in [4.69, 9.17) is 0 Å². The molecule has 4 heteroatoms. The van der Waals surface area contributed by atoms with E-state index in [9.17, 15) is 9.18 Å². The minimum atomic E-state index is -0.429. The molecular formula is C17H17BrFNO. The fourth-order valence-corrected chi connectivity index (χ4v) is 2.32. The molecule has 0 spiro atoms. The maximum absolute atomic E-state index is 13.5. The van der Waals surface area contributed by atoms with E-state index in [0.717, 1.165) is 12.0 Å². The lowest BCUT2D eigenvalue weighted by Crippen LogP contribution is -2.26. The van der Waals surface area contributed by atoms with Crippen LogP contribution in [0.1, 0.15) is 28.4 Å². The van der Waals surface area contributed by atoms with Gasteiger partial charge in [-0.25, -0.2) is 4.39 Å². The van der Waals surface area contributed by atoms with Crippen molar-refractivity contribution >= 4 is 21.8 Å². The van der Waals surface area contributed by atoms with Crippen LogP contribution in [0.15, 0.2) is 46.9 Å². The molecule has 2 aromatic carbocycles. The van der Waals surface area contributed by atoms with E-state index in [1.54, 1.807) is 24.1 Å². The van der Waals surface area contributed by atoms with E-state index in [1.165, 1.54) is 11.6 Å². The van der Waals surface area contributed by atoms with Crippen LogP contribution in [0.25, 0.3) is 0 Å². The molecule has 2 aromatic rings. The lowest BCUT2D eigenvalue weighted by atomic mass is 10.1. The Morgan fingerprint density at radius 1 is 1.14 bits per heavy atom. The number of nitrogens with zero attached hydrogens (tertiary/aromatic N) is 1. The van der Waals surface area contributed by atoms with E-state index in [0.29, 0.717) is 16.6 Å². The highest BCUT2D eigenvalue weighted by atomic mass is 79.9. The highest BCUT2D eigenvalue weighted by Gasteiger charge is 2.13. The van der Waals surface area contributed by atoms with Crippen molar-refractivity contribution in [2.75, 3.05) is 7.05 Å². The van der Waals surface area contributed by atoms with Gasteiger partial charge in [-0.15, -0.1) is 0 Å². The Kier molecular flexibility index (Phi) is 5.12. The van der Waals surface area contributed by atoms with Gasteiger partial charge in [0.1, 0.15) is 5.82 Å². The lowest BCUT2D eigenvalue weighted by molar-refractivity contribution is 0.0784. The number of carbonyl (C=O) groups is 1. The fourth-order valence-electron chi connectivity index (χ4n) is 2.08. The first-order valence-electron chi connectivity index (χ1n) is 6.79. The molecule has 21 heavy (non-hydrogen) atoms. The summed E-state index contributed by atoms with van der Waals surface area (Å²) in [6.07, 6.45) is 0.993. The SMILES string of the molecule is CCc1ccc(CN(C)C(=O)c2ccc(Br)c(F)c2)cc1. The molecule has 0 aliphatic heterocycles. The second kappa shape index (κ2) is 6.85. The van der Waals surface area contributed by atoms with E-state index in [2.05, 4.69) is 35.0 Å². The van der Waals surface area contributed by atoms with Gasteiger partial charge in [0, 0.05) is 19.2 Å². The predicted molar refractivity (Wildman–Crippen MR) is 85.7 cm³/mol. The molecule has 0 unspecified atom stereocenters. The molecule has 0 heterocycles. The van der Waals surface area contributed by atoms with Crippen molar-refractivity contribution in [2.24, 2.45) is 0 Å². The summed E-state index contributed by atoms with van der Waals surface area (Å²) >= 11 is 3.08. The van der Waals surface area contributed by atoms with Gasteiger partial charge < -0.3 is 4.90 Å². The quantitative estimate of drug-likeness (QED) is 0.799. The maximum Gasteiger partial charge on any atom is 0.253 e. The Morgan fingerprint density at radius 2 is 1.76 bits per heavy atom. The monoisotopic (exact) mass is 349 g/mol. The van der Waals surface area contributed by atoms with Crippen molar-refractivity contribution < 1.29 is 9.18 Å². The van der Waals surface area contributed by atoms with Gasteiger partial charge in [-0.3, -0.25) is 4.79 Å². The molecular weight excluding hydrogens is 333 g/mol. The van der Waals surface area contributed by atoms with Crippen LogP contribution in [0, 0.1) is 5.82 Å². The van der Waals surface area contributed by atoms with Crippen molar-refractivity contribution in [3.8, 4) is 0 Å². The van der Waals surface area contributed by atoms with Gasteiger partial charge in [-0.1, -0.05) is 31.2 Å². The Bertz CT molecular complexity index is 640. The number of hydrogen-bond donors (Lipinski definition) is 0. The molecule has 0 aliphatic rings. The van der Waals surface area contributed by atoms with Crippen LogP contribution in [-0.4, -0.2) is 17.9 Å². The van der Waals surface area contributed by atoms with E-state index < -0.39 is 5.82 Å². The van der Waals surface area contributed by atoms with Crippen molar-refractivity contribution in [1.29, 1.82) is 0 Å². The molecule has 0 saturated carbocycles. The summed E-state index contributed by atoms with van der Waals surface area (Å²) in [6.45, 7) is 2.60. The summed E-state index contributed by atoms with van der Waals surface area (Å²) in [5, 5.41) is 0. The zero-order valence-electron chi connectivity index (χ0n) is 12.1. The number of carbonyl (C=O) groups excluding carboxylic acids is 1.